The van der Waals surface area contributed by atoms with Crippen LogP contribution in [0.5, 0.6) is 0 Å². The number of hydrogen-bond acceptors (Lipinski definition) is 3. The topological polar surface area (TPSA) is 87.3 Å². The average molecular weight is 185 g/mol. The van der Waals surface area contributed by atoms with Gasteiger partial charge in [0.2, 0.25) is 18.7 Å². The standard InChI is InChI=1S/C7H11N3O3/c1-8-7(13)2-6(10-5-12)3-9-4-11/h2,4-5H,3H2,1H3,(H,8,13)(H,9,11)(H,10,12)/b6-2-. The number of nitrogens with one attached hydrogen (secondary N) is 3. The van der Waals surface area contributed by atoms with Crippen LogP contribution in [0.1, 0.15) is 0 Å². The summed E-state index contributed by atoms with van der Waals surface area (Å²) in [7, 11) is 1.46. The molecular formula is C7H11N3O3. The van der Waals surface area contributed by atoms with Gasteiger partial charge in [-0.05, 0) is 0 Å². The Morgan fingerprint density at radius 1 is 1.31 bits per heavy atom. The van der Waals surface area contributed by atoms with E-state index in [2.05, 4.69) is 16.0 Å². The molecule has 0 unspecified atom stereocenters. The van der Waals surface area contributed by atoms with E-state index >= 15 is 0 Å². The quantitative estimate of drug-likeness (QED) is 0.334. The third-order valence-electron chi connectivity index (χ3n) is 1.17. The van der Waals surface area contributed by atoms with Crippen molar-refractivity contribution in [3.05, 3.63) is 11.8 Å². The lowest BCUT2D eigenvalue weighted by atomic mass is 10.3. The molecule has 13 heavy (non-hydrogen) atoms. The first kappa shape index (κ1) is 11.2. The largest absolute Gasteiger partial charge is 0.356 e. The zero-order valence-corrected chi connectivity index (χ0v) is 7.16. The molecule has 6 nitrogen and oxygen atoms in total. The minimum atomic E-state index is -0.350. The highest BCUT2D eigenvalue weighted by Gasteiger charge is 1.98. The smallest absolute Gasteiger partial charge is 0.245 e. The molecule has 0 aliphatic rings. The summed E-state index contributed by atoms with van der Waals surface area (Å²) in [5.41, 5.74) is 0.321. The van der Waals surface area contributed by atoms with Gasteiger partial charge in [0.25, 0.3) is 0 Å². The Balaban J connectivity index is 4.20. The average Bonchev–Trinajstić information content (AvgIpc) is 2.14. The maximum absolute atomic E-state index is 10.8. The molecule has 3 N–H and O–H groups in total. The lowest BCUT2D eigenvalue weighted by Gasteiger charge is -2.03. The first-order valence-electron chi connectivity index (χ1n) is 3.54. The molecule has 0 aliphatic carbocycles. The van der Waals surface area contributed by atoms with Gasteiger partial charge in [-0.1, -0.05) is 0 Å². The fourth-order valence-corrected chi connectivity index (χ4v) is 0.601. The number of rotatable bonds is 6. The van der Waals surface area contributed by atoms with E-state index in [-0.39, 0.29) is 12.5 Å². The van der Waals surface area contributed by atoms with Crippen LogP contribution in [0.3, 0.4) is 0 Å². The van der Waals surface area contributed by atoms with Gasteiger partial charge >= 0.3 is 0 Å². The fourth-order valence-electron chi connectivity index (χ4n) is 0.601. The van der Waals surface area contributed by atoms with Crippen molar-refractivity contribution < 1.29 is 14.4 Å². The minimum Gasteiger partial charge on any atom is -0.356 e. The van der Waals surface area contributed by atoms with Gasteiger partial charge in [-0.2, -0.15) is 0 Å². The number of likely N-dealkylation sites (N-methyl/N-ethyl adjacent to an activating group) is 1. The van der Waals surface area contributed by atoms with E-state index in [0.29, 0.717) is 18.5 Å². The van der Waals surface area contributed by atoms with E-state index in [0.717, 1.165) is 0 Å². The van der Waals surface area contributed by atoms with Crippen LogP contribution in [0, 0.1) is 0 Å². The molecule has 0 saturated carbocycles. The second kappa shape index (κ2) is 6.84. The Morgan fingerprint density at radius 3 is 2.46 bits per heavy atom. The lowest BCUT2D eigenvalue weighted by molar-refractivity contribution is -0.116. The predicted molar refractivity (Wildman–Crippen MR) is 45.4 cm³/mol. The molecule has 0 heterocycles. The molecule has 0 atom stereocenters. The predicted octanol–water partition coefficient (Wildman–Crippen LogP) is -1.89. The summed E-state index contributed by atoms with van der Waals surface area (Å²) in [6.45, 7) is 0.107. The van der Waals surface area contributed by atoms with Gasteiger partial charge in [-0.3, -0.25) is 14.4 Å². The van der Waals surface area contributed by atoms with Crippen molar-refractivity contribution >= 4 is 18.7 Å². The Labute approximate surface area is 75.4 Å². The monoisotopic (exact) mass is 185 g/mol. The van der Waals surface area contributed by atoms with Crippen LogP contribution in [0.4, 0.5) is 0 Å². The van der Waals surface area contributed by atoms with Crippen molar-refractivity contribution in [2.24, 2.45) is 0 Å². The SMILES string of the molecule is CNC(=O)/C=C(/CNC=O)NC=O. The Hall–Kier alpha value is -1.85. The van der Waals surface area contributed by atoms with Crippen molar-refractivity contribution in [1.82, 2.24) is 16.0 Å². The number of carbonyl (C=O) groups is 3. The molecule has 0 aromatic carbocycles. The zero-order chi connectivity index (χ0) is 10.1. The molecule has 0 aromatic rings. The summed E-state index contributed by atoms with van der Waals surface area (Å²) in [4.78, 5) is 30.8. The number of hydrogen-bond donors (Lipinski definition) is 3. The molecule has 0 spiro atoms. The molecule has 72 valence electrons. The number of amides is 3. The van der Waals surface area contributed by atoms with Gasteiger partial charge in [0.15, 0.2) is 0 Å². The molecule has 0 aliphatic heterocycles. The van der Waals surface area contributed by atoms with E-state index in [1.54, 1.807) is 0 Å². The lowest BCUT2D eigenvalue weighted by Crippen LogP contribution is -2.26. The van der Waals surface area contributed by atoms with Gasteiger partial charge in [0.1, 0.15) is 0 Å². The molecule has 0 saturated heterocycles. The van der Waals surface area contributed by atoms with Crippen molar-refractivity contribution in [2.75, 3.05) is 13.6 Å². The van der Waals surface area contributed by atoms with E-state index in [4.69, 9.17) is 0 Å². The summed E-state index contributed by atoms with van der Waals surface area (Å²) in [6.07, 6.45) is 2.09. The van der Waals surface area contributed by atoms with Gasteiger partial charge in [-0.15, -0.1) is 0 Å². The van der Waals surface area contributed by atoms with E-state index in [1.807, 2.05) is 0 Å². The molecule has 0 radical (unpaired) electrons. The second-order valence-electron chi connectivity index (χ2n) is 2.04. The van der Waals surface area contributed by atoms with Crippen LogP contribution >= 0.6 is 0 Å². The molecule has 0 rings (SSSR count). The molecule has 0 fully saturated rings. The van der Waals surface area contributed by atoms with Gasteiger partial charge in [0, 0.05) is 18.8 Å². The van der Waals surface area contributed by atoms with Gasteiger partial charge < -0.3 is 16.0 Å². The van der Waals surface area contributed by atoms with Crippen LogP contribution < -0.4 is 16.0 Å². The highest BCUT2D eigenvalue weighted by molar-refractivity contribution is 5.88. The van der Waals surface area contributed by atoms with E-state index in [1.165, 1.54) is 13.1 Å². The summed E-state index contributed by atoms with van der Waals surface area (Å²) in [5.74, 6) is -0.350. The van der Waals surface area contributed by atoms with Crippen molar-refractivity contribution in [3.8, 4) is 0 Å². The first-order chi connectivity index (χ1) is 6.24. The number of carbonyl (C=O) groups excluding carboxylic acids is 3. The van der Waals surface area contributed by atoms with Gasteiger partial charge in [-0.25, -0.2) is 0 Å². The third kappa shape index (κ3) is 5.42. The fraction of sp³-hybridized carbons (Fsp3) is 0.286. The minimum absolute atomic E-state index is 0.107. The molecular weight excluding hydrogens is 174 g/mol. The highest BCUT2D eigenvalue weighted by Crippen LogP contribution is 1.84. The zero-order valence-electron chi connectivity index (χ0n) is 7.16. The normalized spacial score (nSPS) is 10.1. The maximum Gasteiger partial charge on any atom is 0.245 e. The Morgan fingerprint density at radius 2 is 2.00 bits per heavy atom. The van der Waals surface area contributed by atoms with Gasteiger partial charge in [0.05, 0.1) is 6.54 Å². The first-order valence-corrected chi connectivity index (χ1v) is 3.54. The molecule has 0 bridgehead atoms. The molecule has 6 heteroatoms. The van der Waals surface area contributed by atoms with Crippen molar-refractivity contribution in [1.29, 1.82) is 0 Å². The summed E-state index contributed by atoms with van der Waals surface area (Å²) >= 11 is 0. The highest BCUT2D eigenvalue weighted by atomic mass is 16.1. The van der Waals surface area contributed by atoms with Crippen LogP contribution in [-0.4, -0.2) is 32.3 Å². The van der Waals surface area contributed by atoms with Crippen LogP contribution in [0.25, 0.3) is 0 Å². The van der Waals surface area contributed by atoms with Crippen LogP contribution in [0.15, 0.2) is 11.8 Å². The van der Waals surface area contributed by atoms with Crippen molar-refractivity contribution in [3.63, 3.8) is 0 Å². The summed E-state index contributed by atoms with van der Waals surface area (Å²) in [5, 5.41) is 6.94. The summed E-state index contributed by atoms with van der Waals surface area (Å²) < 4.78 is 0. The van der Waals surface area contributed by atoms with E-state index < -0.39 is 0 Å². The van der Waals surface area contributed by atoms with Crippen molar-refractivity contribution in [2.45, 2.75) is 0 Å². The van der Waals surface area contributed by atoms with Crippen LogP contribution in [0.2, 0.25) is 0 Å². The van der Waals surface area contributed by atoms with Crippen LogP contribution in [-0.2, 0) is 14.4 Å². The third-order valence-corrected chi connectivity index (χ3v) is 1.17. The Bertz CT molecular complexity index is 225. The summed E-state index contributed by atoms with van der Waals surface area (Å²) in [6, 6.07) is 0. The maximum atomic E-state index is 10.8. The Kier molecular flexibility index (Phi) is 5.86. The second-order valence-corrected chi connectivity index (χ2v) is 2.04. The molecule has 0 aromatic heterocycles. The van der Waals surface area contributed by atoms with E-state index in [9.17, 15) is 14.4 Å². The molecule has 3 amide bonds.